The molecule has 0 aliphatic carbocycles. The average Bonchev–Trinajstić information content (AvgIpc) is 3.01. The molecule has 0 aliphatic heterocycles. The van der Waals surface area contributed by atoms with Crippen LogP contribution in [0.5, 0.6) is 0 Å². The van der Waals surface area contributed by atoms with Gasteiger partial charge in [-0.1, -0.05) is 48.5 Å². The molecular formula is C33H15BF24. The van der Waals surface area contributed by atoms with Gasteiger partial charge in [0.1, 0.15) is 6.15 Å². The number of rotatable bonds is 4. The Morgan fingerprint density at radius 1 is 0.207 bits per heavy atom. The van der Waals surface area contributed by atoms with Gasteiger partial charge >= 0.3 is 49.4 Å². The largest absolute Gasteiger partial charge is 0.416 e. The van der Waals surface area contributed by atoms with E-state index in [0.29, 0.717) is 0 Å². The predicted molar refractivity (Wildman–Crippen MR) is 156 cm³/mol. The van der Waals surface area contributed by atoms with Crippen LogP contribution >= 0.6 is 0 Å². The highest BCUT2D eigenvalue weighted by atomic mass is 19.4. The molecule has 0 saturated carbocycles. The fourth-order valence-electron chi connectivity index (χ4n) is 6.07. The van der Waals surface area contributed by atoms with Crippen molar-refractivity contribution in [3.8, 4) is 0 Å². The minimum atomic E-state index is -6.13. The molecule has 4 aromatic carbocycles. The van der Waals surface area contributed by atoms with Crippen molar-refractivity contribution in [1.29, 1.82) is 0 Å². The lowest BCUT2D eigenvalue weighted by molar-refractivity contribution is -0.144. The molecule has 58 heavy (non-hydrogen) atoms. The Labute approximate surface area is 308 Å². The first kappa shape index (κ1) is 47.5. The summed E-state index contributed by atoms with van der Waals surface area (Å²) in [6.07, 6.45) is -54.8. The topological polar surface area (TPSA) is 0 Å². The van der Waals surface area contributed by atoms with Gasteiger partial charge in [0, 0.05) is 7.43 Å². The quantitative estimate of drug-likeness (QED) is 0.109. The SMILES string of the molecule is FC(F)(F)c1cc([B-](c2cc(C(F)(F)F)cc(C(F)(F)F)c2)(c2cc(C(F)(F)F)cc(C(F)(F)F)c2)c2cc(C(F)(F)F)cc(C(F)(F)F)c2)cc(C(F)(F)F)c1.[CH3+]. The summed E-state index contributed by atoms with van der Waals surface area (Å²) in [6.45, 7) is 0. The van der Waals surface area contributed by atoms with E-state index in [0.717, 1.165) is 0 Å². The lowest BCUT2D eigenvalue weighted by atomic mass is 9.12. The summed E-state index contributed by atoms with van der Waals surface area (Å²) < 4.78 is 341. The van der Waals surface area contributed by atoms with Gasteiger partial charge in [-0.05, 0) is 24.3 Å². The van der Waals surface area contributed by atoms with Crippen molar-refractivity contribution in [2.24, 2.45) is 0 Å². The van der Waals surface area contributed by atoms with E-state index in [-0.39, 0.29) is 7.43 Å². The van der Waals surface area contributed by atoms with E-state index in [1.165, 1.54) is 0 Å². The van der Waals surface area contributed by atoms with Crippen LogP contribution in [0, 0.1) is 7.43 Å². The molecule has 0 atom stereocenters. The van der Waals surface area contributed by atoms with Gasteiger partial charge in [-0.25, -0.2) is 0 Å². The third kappa shape index (κ3) is 9.70. The van der Waals surface area contributed by atoms with E-state index < -0.39 is 195 Å². The third-order valence-electron chi connectivity index (χ3n) is 8.44. The van der Waals surface area contributed by atoms with Crippen LogP contribution in [0.25, 0.3) is 0 Å². The van der Waals surface area contributed by atoms with Crippen LogP contribution in [-0.4, -0.2) is 6.15 Å². The van der Waals surface area contributed by atoms with Crippen LogP contribution < -0.4 is 21.9 Å². The number of halogens is 24. The van der Waals surface area contributed by atoms with Crippen molar-refractivity contribution >= 4 is 28.0 Å². The molecule has 0 unspecified atom stereocenters. The molecule has 0 saturated heterocycles. The molecule has 0 amide bonds. The van der Waals surface area contributed by atoms with Crippen LogP contribution in [-0.2, 0) is 49.4 Å². The molecule has 318 valence electrons. The van der Waals surface area contributed by atoms with Gasteiger partial charge in [-0.15, -0.1) is 0 Å². The number of hydrogen-bond acceptors (Lipinski definition) is 0. The van der Waals surface area contributed by atoms with E-state index in [1.54, 1.807) is 0 Å². The summed E-state index contributed by atoms with van der Waals surface area (Å²) in [6, 6.07) is -8.81. The second-order valence-electron chi connectivity index (χ2n) is 12.2. The Kier molecular flexibility index (Phi) is 11.8. The molecule has 4 rings (SSSR count). The summed E-state index contributed by atoms with van der Waals surface area (Å²) in [5, 5.41) is 0. The van der Waals surface area contributed by atoms with Crippen molar-refractivity contribution < 1.29 is 105 Å². The minimum absolute atomic E-state index is 0. The molecule has 4 aromatic rings. The van der Waals surface area contributed by atoms with E-state index in [4.69, 9.17) is 0 Å². The van der Waals surface area contributed by atoms with Crippen LogP contribution in [0.1, 0.15) is 44.5 Å². The zero-order valence-corrected chi connectivity index (χ0v) is 27.6. The number of alkyl halides is 24. The Bertz CT molecular complexity index is 1700. The average molecular weight is 878 g/mol. The van der Waals surface area contributed by atoms with Crippen molar-refractivity contribution in [3.05, 3.63) is 125 Å². The van der Waals surface area contributed by atoms with Gasteiger partial charge in [-0.3, -0.25) is 0 Å². The molecule has 0 heterocycles. The number of hydrogen-bond donors (Lipinski definition) is 0. The summed E-state index contributed by atoms with van der Waals surface area (Å²) in [4.78, 5) is 0. The van der Waals surface area contributed by atoms with Crippen LogP contribution in [0.15, 0.2) is 72.8 Å². The highest BCUT2D eigenvalue weighted by Gasteiger charge is 2.47. The van der Waals surface area contributed by atoms with Gasteiger partial charge in [0.25, 0.3) is 0 Å². The van der Waals surface area contributed by atoms with Crippen molar-refractivity contribution in [2.45, 2.75) is 49.4 Å². The van der Waals surface area contributed by atoms with Crippen LogP contribution in [0.2, 0.25) is 0 Å². The van der Waals surface area contributed by atoms with Gasteiger partial charge < -0.3 is 0 Å². The summed E-state index contributed by atoms with van der Waals surface area (Å²) in [5.74, 6) is 0. The Hall–Kier alpha value is -4.87. The monoisotopic (exact) mass is 878 g/mol. The van der Waals surface area contributed by atoms with E-state index in [1.807, 2.05) is 0 Å². The molecule has 0 fully saturated rings. The van der Waals surface area contributed by atoms with Crippen molar-refractivity contribution in [3.63, 3.8) is 0 Å². The van der Waals surface area contributed by atoms with Crippen LogP contribution in [0.4, 0.5) is 105 Å². The zero-order chi connectivity index (χ0) is 43.9. The molecule has 0 spiro atoms. The van der Waals surface area contributed by atoms with Gasteiger partial charge in [0.2, 0.25) is 0 Å². The molecule has 25 heteroatoms. The summed E-state index contributed by atoms with van der Waals surface area (Å²) in [7, 11) is 0. The van der Waals surface area contributed by atoms with Gasteiger partial charge in [-0.2, -0.15) is 127 Å². The Balaban J connectivity index is 0.00000900. The first-order chi connectivity index (χ1) is 25.3. The maximum absolute atomic E-state index is 14.2. The molecule has 0 nitrogen and oxygen atoms in total. The van der Waals surface area contributed by atoms with Gasteiger partial charge in [0.15, 0.2) is 0 Å². The standard InChI is InChI=1S/C32H12BF24.CH3/c34-25(35,36)13-1-14(26(37,38)39)6-21(5-13)33(22-7-15(27(40,41)42)2-16(8-22)28(43,44)45,23-9-17(29(46,47)48)3-18(10-23)30(49,50)51)24-11-19(31(52,53)54)4-20(12-24)32(55,56)57;/h1-12H;1H3/q-1;+1. The van der Waals surface area contributed by atoms with Crippen LogP contribution in [0.3, 0.4) is 0 Å². The predicted octanol–water partition coefficient (Wildman–Crippen LogP) is 11.7. The first-order valence-corrected chi connectivity index (χ1v) is 14.6. The van der Waals surface area contributed by atoms with E-state index >= 15 is 0 Å². The second kappa shape index (κ2) is 14.4. The molecule has 0 N–H and O–H groups in total. The van der Waals surface area contributed by atoms with Crippen molar-refractivity contribution in [1.82, 2.24) is 0 Å². The smallest absolute Gasteiger partial charge is 0.194 e. The van der Waals surface area contributed by atoms with Crippen molar-refractivity contribution in [2.75, 3.05) is 0 Å². The zero-order valence-electron chi connectivity index (χ0n) is 27.6. The number of benzene rings is 4. The summed E-state index contributed by atoms with van der Waals surface area (Å²) >= 11 is 0. The summed E-state index contributed by atoms with van der Waals surface area (Å²) in [5.41, 5.74) is -30.2. The van der Waals surface area contributed by atoms with E-state index in [9.17, 15) is 105 Å². The van der Waals surface area contributed by atoms with Gasteiger partial charge in [0.05, 0.1) is 44.5 Å². The third-order valence-corrected chi connectivity index (χ3v) is 8.44. The molecule has 0 aromatic heterocycles. The van der Waals surface area contributed by atoms with E-state index in [2.05, 4.69) is 0 Å². The highest BCUT2D eigenvalue weighted by molar-refractivity contribution is 7.20. The maximum atomic E-state index is 14.2. The first-order valence-electron chi connectivity index (χ1n) is 14.6. The molecule has 0 aliphatic rings. The molecule has 0 radical (unpaired) electrons. The lowest BCUT2D eigenvalue weighted by Gasteiger charge is -2.46. The highest BCUT2D eigenvalue weighted by Crippen LogP contribution is 2.41. The lowest BCUT2D eigenvalue weighted by Crippen LogP contribution is -2.75. The second-order valence-corrected chi connectivity index (χ2v) is 12.2. The minimum Gasteiger partial charge on any atom is -0.194 e. The fourth-order valence-corrected chi connectivity index (χ4v) is 6.07. The molecule has 0 bridgehead atoms. The Morgan fingerprint density at radius 2 is 0.310 bits per heavy atom. The maximum Gasteiger partial charge on any atom is 0.416 e. The fraction of sp³-hybridized carbons (Fsp3) is 0.242. The normalized spacial score (nSPS) is 14.1. The Morgan fingerprint density at radius 3 is 0.397 bits per heavy atom. The molecular weight excluding hydrogens is 863 g/mol.